The van der Waals surface area contributed by atoms with Gasteiger partial charge in [-0.05, 0) is 36.0 Å². The lowest BCUT2D eigenvalue weighted by Gasteiger charge is -2.14. The molecule has 0 radical (unpaired) electrons. The Morgan fingerprint density at radius 1 is 1.08 bits per heavy atom. The number of unbranched alkanes of at least 4 members (excludes halogenated alkanes) is 1. The van der Waals surface area contributed by atoms with E-state index >= 15 is 0 Å². The fourth-order valence-corrected chi connectivity index (χ4v) is 2.39. The van der Waals surface area contributed by atoms with Gasteiger partial charge in [-0.1, -0.05) is 59.1 Å². The highest BCUT2D eigenvalue weighted by Crippen LogP contribution is 2.15. The Morgan fingerprint density at radius 3 is 2.38 bits per heavy atom. The van der Waals surface area contributed by atoms with Crippen LogP contribution in [0.2, 0.25) is 0 Å². The molecule has 0 N–H and O–H groups in total. The largest absolute Gasteiger partial charge is 0.379 e. The van der Waals surface area contributed by atoms with Gasteiger partial charge in [-0.2, -0.15) is 4.89 Å². The highest BCUT2D eigenvalue weighted by Gasteiger charge is 2.09. The topological polar surface area (TPSA) is 44.8 Å². The number of rotatable bonds is 12. The molecule has 0 aliphatic carbocycles. The van der Waals surface area contributed by atoms with Crippen molar-refractivity contribution in [1.29, 1.82) is 0 Å². The van der Waals surface area contributed by atoms with Crippen LogP contribution < -0.4 is 0 Å². The molecule has 4 nitrogen and oxygen atoms in total. The lowest BCUT2D eigenvalue weighted by atomic mass is 10.0. The van der Waals surface area contributed by atoms with E-state index in [-0.39, 0.29) is 6.61 Å². The second kappa shape index (κ2) is 12.0. The molecule has 0 aliphatic rings. The highest BCUT2D eigenvalue weighted by molar-refractivity contribution is 5.88. The van der Waals surface area contributed by atoms with Crippen molar-refractivity contribution in [2.75, 3.05) is 19.8 Å². The quantitative estimate of drug-likeness (QED) is 0.301. The molecule has 1 unspecified atom stereocenters. The van der Waals surface area contributed by atoms with Crippen LogP contribution in [-0.2, 0) is 14.5 Å². The standard InChI is InChI=1S/C20H32O4/c1-5-7-8-17(6-2)15-22-13-14-23-24-20(21)19-11-9-18(10-12-19)16(3)4/h9-12,16-17H,5-8,13-15H2,1-4H3. The van der Waals surface area contributed by atoms with E-state index in [2.05, 4.69) is 27.7 Å². The van der Waals surface area contributed by atoms with Crippen LogP contribution in [0.4, 0.5) is 0 Å². The predicted molar refractivity (Wildman–Crippen MR) is 96.0 cm³/mol. The maximum atomic E-state index is 11.8. The van der Waals surface area contributed by atoms with Gasteiger partial charge in [0.05, 0.1) is 12.2 Å². The molecule has 0 saturated carbocycles. The molecule has 0 heterocycles. The van der Waals surface area contributed by atoms with Crippen LogP contribution in [0.25, 0.3) is 0 Å². The van der Waals surface area contributed by atoms with E-state index in [0.717, 1.165) is 13.0 Å². The lowest BCUT2D eigenvalue weighted by molar-refractivity contribution is -0.247. The van der Waals surface area contributed by atoms with Crippen molar-refractivity contribution >= 4 is 5.97 Å². The van der Waals surface area contributed by atoms with Crippen molar-refractivity contribution in [2.45, 2.75) is 59.3 Å². The average Bonchev–Trinajstić information content (AvgIpc) is 2.60. The van der Waals surface area contributed by atoms with E-state index in [1.807, 2.05) is 12.1 Å². The van der Waals surface area contributed by atoms with Gasteiger partial charge in [0.15, 0.2) is 0 Å². The summed E-state index contributed by atoms with van der Waals surface area (Å²) in [5, 5.41) is 0. The van der Waals surface area contributed by atoms with Gasteiger partial charge in [0.25, 0.3) is 0 Å². The lowest BCUT2D eigenvalue weighted by Crippen LogP contribution is -2.14. The normalized spacial score (nSPS) is 12.4. The number of carbonyl (C=O) groups is 1. The summed E-state index contributed by atoms with van der Waals surface area (Å²) in [6.45, 7) is 10.0. The van der Waals surface area contributed by atoms with Gasteiger partial charge in [-0.3, -0.25) is 4.89 Å². The molecule has 1 aromatic rings. The van der Waals surface area contributed by atoms with Gasteiger partial charge in [0.2, 0.25) is 0 Å². The van der Waals surface area contributed by atoms with E-state index in [1.54, 1.807) is 12.1 Å². The zero-order valence-electron chi connectivity index (χ0n) is 15.5. The number of hydrogen-bond donors (Lipinski definition) is 0. The highest BCUT2D eigenvalue weighted by atomic mass is 17.2. The number of carbonyl (C=O) groups excluding carboxylic acids is 1. The molecular weight excluding hydrogens is 304 g/mol. The van der Waals surface area contributed by atoms with Crippen LogP contribution in [0.5, 0.6) is 0 Å². The Labute approximate surface area is 146 Å². The molecule has 0 bridgehead atoms. The maximum absolute atomic E-state index is 11.8. The SMILES string of the molecule is CCCCC(CC)COCCOOC(=O)c1ccc(C(C)C)cc1. The number of benzene rings is 1. The summed E-state index contributed by atoms with van der Waals surface area (Å²) in [6, 6.07) is 7.39. The number of hydrogen-bond acceptors (Lipinski definition) is 4. The number of ether oxygens (including phenoxy) is 1. The molecule has 0 aromatic heterocycles. The van der Waals surface area contributed by atoms with E-state index in [1.165, 1.54) is 24.8 Å². The maximum Gasteiger partial charge on any atom is 0.373 e. The molecule has 136 valence electrons. The van der Waals surface area contributed by atoms with E-state index in [0.29, 0.717) is 24.0 Å². The van der Waals surface area contributed by atoms with E-state index < -0.39 is 5.97 Å². The summed E-state index contributed by atoms with van der Waals surface area (Å²) >= 11 is 0. The Morgan fingerprint density at radius 2 is 1.79 bits per heavy atom. The van der Waals surface area contributed by atoms with E-state index in [9.17, 15) is 4.79 Å². The molecule has 1 rings (SSSR count). The first-order valence-corrected chi connectivity index (χ1v) is 9.09. The molecule has 24 heavy (non-hydrogen) atoms. The molecular formula is C20H32O4. The first-order chi connectivity index (χ1) is 11.6. The van der Waals surface area contributed by atoms with Crippen molar-refractivity contribution in [2.24, 2.45) is 5.92 Å². The minimum atomic E-state index is -0.473. The van der Waals surface area contributed by atoms with Crippen molar-refractivity contribution < 1.29 is 19.3 Å². The molecule has 0 aliphatic heterocycles. The minimum Gasteiger partial charge on any atom is -0.379 e. The second-order valence-electron chi connectivity index (χ2n) is 6.46. The minimum absolute atomic E-state index is 0.250. The molecule has 4 heteroatoms. The monoisotopic (exact) mass is 336 g/mol. The van der Waals surface area contributed by atoms with Crippen LogP contribution in [0.3, 0.4) is 0 Å². The molecule has 0 saturated heterocycles. The van der Waals surface area contributed by atoms with Gasteiger partial charge in [-0.15, -0.1) is 0 Å². The fraction of sp³-hybridized carbons (Fsp3) is 0.650. The van der Waals surface area contributed by atoms with Gasteiger partial charge in [0.1, 0.15) is 6.61 Å². The molecule has 1 atom stereocenters. The first-order valence-electron chi connectivity index (χ1n) is 9.09. The van der Waals surface area contributed by atoms with Crippen molar-refractivity contribution in [1.82, 2.24) is 0 Å². The summed E-state index contributed by atoms with van der Waals surface area (Å²) in [4.78, 5) is 21.6. The van der Waals surface area contributed by atoms with Gasteiger partial charge in [-0.25, -0.2) is 4.79 Å². The summed E-state index contributed by atoms with van der Waals surface area (Å²) in [6.07, 6.45) is 4.79. The second-order valence-corrected chi connectivity index (χ2v) is 6.46. The Kier molecular flexibility index (Phi) is 10.4. The van der Waals surface area contributed by atoms with Crippen LogP contribution >= 0.6 is 0 Å². The van der Waals surface area contributed by atoms with Gasteiger partial charge >= 0.3 is 5.97 Å². The summed E-state index contributed by atoms with van der Waals surface area (Å²) in [5.74, 6) is 0.569. The Bertz CT molecular complexity index is 453. The third-order valence-electron chi connectivity index (χ3n) is 4.16. The van der Waals surface area contributed by atoms with Crippen LogP contribution in [-0.4, -0.2) is 25.8 Å². The predicted octanol–water partition coefficient (Wildman–Crippen LogP) is 5.13. The smallest absolute Gasteiger partial charge is 0.373 e. The zero-order valence-corrected chi connectivity index (χ0v) is 15.5. The zero-order chi connectivity index (χ0) is 17.8. The van der Waals surface area contributed by atoms with Crippen LogP contribution in [0.15, 0.2) is 24.3 Å². The Hall–Kier alpha value is -1.39. The van der Waals surface area contributed by atoms with Crippen molar-refractivity contribution in [3.05, 3.63) is 35.4 Å². The third-order valence-corrected chi connectivity index (χ3v) is 4.16. The van der Waals surface area contributed by atoms with Crippen LogP contribution in [0.1, 0.15) is 75.2 Å². The average molecular weight is 336 g/mol. The summed E-state index contributed by atoms with van der Waals surface area (Å²) in [7, 11) is 0. The molecule has 0 spiro atoms. The Balaban J connectivity index is 2.17. The fourth-order valence-electron chi connectivity index (χ4n) is 2.39. The first kappa shape index (κ1) is 20.7. The summed E-state index contributed by atoms with van der Waals surface area (Å²) in [5.41, 5.74) is 1.68. The molecule has 0 amide bonds. The molecule has 1 aromatic carbocycles. The summed E-state index contributed by atoms with van der Waals surface area (Å²) < 4.78 is 5.60. The third kappa shape index (κ3) is 7.93. The van der Waals surface area contributed by atoms with Gasteiger partial charge < -0.3 is 4.74 Å². The molecule has 0 fully saturated rings. The van der Waals surface area contributed by atoms with Gasteiger partial charge in [0, 0.05) is 6.61 Å². The van der Waals surface area contributed by atoms with Crippen molar-refractivity contribution in [3.8, 4) is 0 Å². The van der Waals surface area contributed by atoms with Crippen molar-refractivity contribution in [3.63, 3.8) is 0 Å². The van der Waals surface area contributed by atoms with Crippen LogP contribution in [0, 0.1) is 5.92 Å². The van der Waals surface area contributed by atoms with E-state index in [4.69, 9.17) is 14.5 Å².